The van der Waals surface area contributed by atoms with E-state index in [2.05, 4.69) is 10.9 Å². The van der Waals surface area contributed by atoms with Gasteiger partial charge in [-0.05, 0) is 30.9 Å². The molecule has 8 heteroatoms. The van der Waals surface area contributed by atoms with Crippen LogP contribution in [0.4, 0.5) is 13.2 Å². The molecule has 0 bridgehead atoms. The van der Waals surface area contributed by atoms with Crippen molar-refractivity contribution in [2.75, 3.05) is 6.61 Å². The fraction of sp³-hybridized carbons (Fsp3) is 0.364. The van der Waals surface area contributed by atoms with Gasteiger partial charge in [-0.15, -0.1) is 0 Å². The highest BCUT2D eigenvalue weighted by molar-refractivity contribution is 5.84. The first kappa shape index (κ1) is 21.7. The van der Waals surface area contributed by atoms with Crippen molar-refractivity contribution in [1.82, 2.24) is 10.9 Å². The van der Waals surface area contributed by atoms with Crippen LogP contribution >= 0.6 is 0 Å². The SMILES string of the molecule is O=C(COc1ccccc1-c1ccccc1)NNC(=O)C1CCCC(C(F)(F)F)C1. The number of carbonyl (C=O) groups is 2. The van der Waals surface area contributed by atoms with E-state index in [4.69, 9.17) is 4.74 Å². The Balaban J connectivity index is 1.50. The van der Waals surface area contributed by atoms with Crippen molar-refractivity contribution < 1.29 is 27.5 Å². The quantitative estimate of drug-likeness (QED) is 0.711. The lowest BCUT2D eigenvalue weighted by atomic mass is 9.80. The van der Waals surface area contributed by atoms with Crippen molar-refractivity contribution >= 4 is 11.8 Å². The summed E-state index contributed by atoms with van der Waals surface area (Å²) in [4.78, 5) is 24.2. The maximum absolute atomic E-state index is 12.9. The minimum absolute atomic E-state index is 0.0360. The molecule has 30 heavy (non-hydrogen) atoms. The summed E-state index contributed by atoms with van der Waals surface area (Å²) in [6, 6.07) is 16.7. The van der Waals surface area contributed by atoms with Gasteiger partial charge in [0.25, 0.3) is 5.91 Å². The van der Waals surface area contributed by atoms with E-state index in [0.29, 0.717) is 18.6 Å². The highest BCUT2D eigenvalue weighted by atomic mass is 19.4. The van der Waals surface area contributed by atoms with Crippen LogP contribution in [0, 0.1) is 11.8 Å². The summed E-state index contributed by atoms with van der Waals surface area (Å²) in [6.07, 6.45) is -3.83. The van der Waals surface area contributed by atoms with Gasteiger partial charge < -0.3 is 4.74 Å². The van der Waals surface area contributed by atoms with Gasteiger partial charge in [0, 0.05) is 11.5 Å². The summed E-state index contributed by atoms with van der Waals surface area (Å²) >= 11 is 0. The zero-order chi connectivity index (χ0) is 21.6. The molecule has 0 saturated heterocycles. The van der Waals surface area contributed by atoms with Crippen LogP contribution in [0.3, 0.4) is 0 Å². The van der Waals surface area contributed by atoms with Crippen LogP contribution in [0.5, 0.6) is 5.75 Å². The topological polar surface area (TPSA) is 67.4 Å². The van der Waals surface area contributed by atoms with Crippen molar-refractivity contribution in [3.8, 4) is 16.9 Å². The second-order valence-corrected chi connectivity index (χ2v) is 7.29. The Hall–Kier alpha value is -3.03. The predicted octanol–water partition coefficient (Wildman–Crippen LogP) is 4.25. The molecule has 2 aromatic carbocycles. The Morgan fingerprint density at radius 3 is 2.40 bits per heavy atom. The van der Waals surface area contributed by atoms with Gasteiger partial charge >= 0.3 is 6.18 Å². The lowest BCUT2D eigenvalue weighted by Gasteiger charge is -2.29. The lowest BCUT2D eigenvalue weighted by molar-refractivity contribution is -0.186. The number of rotatable bonds is 5. The van der Waals surface area contributed by atoms with Crippen LogP contribution in [-0.2, 0) is 9.59 Å². The number of alkyl halides is 3. The van der Waals surface area contributed by atoms with Crippen molar-refractivity contribution in [3.05, 3.63) is 54.6 Å². The van der Waals surface area contributed by atoms with Crippen molar-refractivity contribution in [3.63, 3.8) is 0 Å². The third-order valence-electron chi connectivity index (χ3n) is 5.16. The van der Waals surface area contributed by atoms with E-state index in [1.54, 1.807) is 12.1 Å². The Labute approximate surface area is 172 Å². The van der Waals surface area contributed by atoms with Gasteiger partial charge in [0.15, 0.2) is 6.61 Å². The molecule has 0 radical (unpaired) electrons. The van der Waals surface area contributed by atoms with E-state index in [0.717, 1.165) is 11.1 Å². The molecule has 2 atom stereocenters. The molecule has 0 aromatic heterocycles. The zero-order valence-corrected chi connectivity index (χ0v) is 16.2. The highest BCUT2D eigenvalue weighted by Crippen LogP contribution is 2.39. The molecule has 2 unspecified atom stereocenters. The second kappa shape index (κ2) is 9.65. The van der Waals surface area contributed by atoms with Crippen molar-refractivity contribution in [2.24, 2.45) is 11.8 Å². The van der Waals surface area contributed by atoms with Gasteiger partial charge in [-0.3, -0.25) is 20.4 Å². The summed E-state index contributed by atoms with van der Waals surface area (Å²) < 4.78 is 44.3. The first-order valence-corrected chi connectivity index (χ1v) is 9.77. The van der Waals surface area contributed by atoms with Crippen LogP contribution in [0.25, 0.3) is 11.1 Å². The predicted molar refractivity (Wildman–Crippen MR) is 105 cm³/mol. The molecule has 1 aliphatic rings. The van der Waals surface area contributed by atoms with E-state index >= 15 is 0 Å². The fourth-order valence-electron chi connectivity index (χ4n) is 3.59. The van der Waals surface area contributed by atoms with Gasteiger partial charge in [0.1, 0.15) is 5.75 Å². The van der Waals surface area contributed by atoms with Crippen LogP contribution in [0.15, 0.2) is 54.6 Å². The minimum atomic E-state index is -4.30. The molecule has 1 fully saturated rings. The van der Waals surface area contributed by atoms with Crippen molar-refractivity contribution in [1.29, 1.82) is 0 Å². The first-order valence-electron chi connectivity index (χ1n) is 9.77. The first-order chi connectivity index (χ1) is 14.3. The third-order valence-corrected chi connectivity index (χ3v) is 5.16. The number of nitrogens with one attached hydrogen (secondary N) is 2. The molecule has 1 aliphatic carbocycles. The van der Waals surface area contributed by atoms with Gasteiger partial charge in [0.05, 0.1) is 5.92 Å². The molecule has 5 nitrogen and oxygen atoms in total. The standard InChI is InChI=1S/C22H23F3N2O3/c23-22(24,25)17-10-6-9-16(13-17)21(29)27-26-20(28)14-30-19-12-5-4-11-18(19)15-7-2-1-3-8-15/h1-5,7-8,11-12,16-17H,6,9-10,13-14H2,(H,26,28)(H,27,29). The number of carbonyl (C=O) groups excluding carboxylic acids is 2. The molecule has 2 N–H and O–H groups in total. The maximum Gasteiger partial charge on any atom is 0.391 e. The molecule has 3 rings (SSSR count). The molecule has 2 amide bonds. The number of hydrogen-bond donors (Lipinski definition) is 2. The van der Waals surface area contributed by atoms with Crippen LogP contribution in [-0.4, -0.2) is 24.6 Å². The van der Waals surface area contributed by atoms with Gasteiger partial charge in [0.2, 0.25) is 5.91 Å². The maximum atomic E-state index is 12.9. The van der Waals surface area contributed by atoms with E-state index in [1.165, 1.54) is 0 Å². The fourth-order valence-corrected chi connectivity index (χ4v) is 3.59. The van der Waals surface area contributed by atoms with Crippen LogP contribution in [0.2, 0.25) is 0 Å². The van der Waals surface area contributed by atoms with Crippen LogP contribution in [0.1, 0.15) is 25.7 Å². The normalized spacial score (nSPS) is 19.0. The van der Waals surface area contributed by atoms with E-state index < -0.39 is 29.8 Å². The second-order valence-electron chi connectivity index (χ2n) is 7.29. The Kier molecular flexibility index (Phi) is 6.97. The number of hydrazine groups is 1. The number of amides is 2. The molecule has 160 valence electrons. The largest absolute Gasteiger partial charge is 0.483 e. The van der Waals surface area contributed by atoms with Gasteiger partial charge in [-0.25, -0.2) is 0 Å². The lowest BCUT2D eigenvalue weighted by Crippen LogP contribution is -2.47. The molecule has 0 heterocycles. The van der Waals surface area contributed by atoms with E-state index in [-0.39, 0.29) is 19.4 Å². The average molecular weight is 420 g/mol. The Morgan fingerprint density at radius 1 is 0.967 bits per heavy atom. The number of para-hydroxylation sites is 1. The zero-order valence-electron chi connectivity index (χ0n) is 16.2. The summed E-state index contributed by atoms with van der Waals surface area (Å²) in [5, 5.41) is 0. The molecule has 2 aromatic rings. The van der Waals surface area contributed by atoms with E-state index in [1.807, 2.05) is 42.5 Å². The monoisotopic (exact) mass is 420 g/mol. The Morgan fingerprint density at radius 2 is 1.67 bits per heavy atom. The smallest absolute Gasteiger partial charge is 0.391 e. The minimum Gasteiger partial charge on any atom is -0.483 e. The highest BCUT2D eigenvalue weighted by Gasteiger charge is 2.43. The third kappa shape index (κ3) is 5.75. The summed E-state index contributed by atoms with van der Waals surface area (Å²) in [5.74, 6) is -2.96. The summed E-state index contributed by atoms with van der Waals surface area (Å²) in [7, 11) is 0. The van der Waals surface area contributed by atoms with Gasteiger partial charge in [-0.2, -0.15) is 13.2 Å². The summed E-state index contributed by atoms with van der Waals surface area (Å²) in [5.41, 5.74) is 6.18. The molecule has 1 saturated carbocycles. The van der Waals surface area contributed by atoms with Crippen molar-refractivity contribution in [2.45, 2.75) is 31.9 Å². The summed E-state index contributed by atoms with van der Waals surface area (Å²) in [6.45, 7) is -0.347. The molecule has 0 aliphatic heterocycles. The molecule has 0 spiro atoms. The van der Waals surface area contributed by atoms with E-state index in [9.17, 15) is 22.8 Å². The number of ether oxygens (including phenoxy) is 1. The molecular weight excluding hydrogens is 397 g/mol. The number of hydrogen-bond acceptors (Lipinski definition) is 3. The van der Waals surface area contributed by atoms with Crippen LogP contribution < -0.4 is 15.6 Å². The number of halogens is 3. The average Bonchev–Trinajstić information content (AvgIpc) is 2.76. The number of benzene rings is 2. The molecular formula is C22H23F3N2O3. The Bertz CT molecular complexity index is 871. The van der Waals surface area contributed by atoms with Gasteiger partial charge in [-0.1, -0.05) is 55.0 Å².